The second kappa shape index (κ2) is 10.0. The van der Waals surface area contributed by atoms with E-state index in [9.17, 15) is 4.79 Å². The van der Waals surface area contributed by atoms with Gasteiger partial charge in [-0.3, -0.25) is 9.69 Å². The highest BCUT2D eigenvalue weighted by atomic mass is 16.5. The number of benzene rings is 1. The van der Waals surface area contributed by atoms with E-state index < -0.39 is 0 Å². The molecule has 194 valence electrons. The van der Waals surface area contributed by atoms with Gasteiger partial charge in [-0.05, 0) is 71.7 Å². The van der Waals surface area contributed by atoms with Gasteiger partial charge in [0, 0.05) is 30.1 Å². The summed E-state index contributed by atoms with van der Waals surface area (Å²) in [6.07, 6.45) is 5.91. The summed E-state index contributed by atoms with van der Waals surface area (Å²) in [5.74, 6) is 1.32. The summed E-state index contributed by atoms with van der Waals surface area (Å²) in [7, 11) is 1.64. The zero-order chi connectivity index (χ0) is 25.4. The number of likely N-dealkylation sites (tertiary alicyclic amines) is 1. The molecule has 0 amide bonds. The van der Waals surface area contributed by atoms with E-state index in [-0.39, 0.29) is 24.0 Å². The fourth-order valence-corrected chi connectivity index (χ4v) is 5.86. The van der Waals surface area contributed by atoms with Crippen LogP contribution >= 0.6 is 0 Å². The molecule has 1 saturated heterocycles. The van der Waals surface area contributed by atoms with Crippen LogP contribution in [0.1, 0.15) is 68.9 Å². The number of aromatic nitrogens is 8. The van der Waals surface area contributed by atoms with Gasteiger partial charge in [-0.25, -0.2) is 4.68 Å². The highest BCUT2D eigenvalue weighted by Crippen LogP contribution is 2.38. The molecular formula is C25H31N9O3. The number of nitrogens with zero attached hydrogens (tertiary/aromatic N) is 9. The number of hydrogen-bond acceptors (Lipinski definition) is 10. The van der Waals surface area contributed by atoms with Crippen molar-refractivity contribution in [3.8, 4) is 5.75 Å². The van der Waals surface area contributed by atoms with E-state index in [0.29, 0.717) is 38.2 Å². The number of methoxy groups -OCH3 is 1. The average molecular weight is 506 g/mol. The van der Waals surface area contributed by atoms with Crippen LogP contribution in [0.5, 0.6) is 5.75 Å². The van der Waals surface area contributed by atoms with Gasteiger partial charge in [0.15, 0.2) is 11.5 Å². The maximum absolute atomic E-state index is 12.4. The van der Waals surface area contributed by atoms with Gasteiger partial charge in [-0.2, -0.15) is 4.52 Å². The lowest BCUT2D eigenvalue weighted by molar-refractivity contribution is -0.149. The molecule has 0 unspecified atom stereocenters. The maximum Gasteiger partial charge on any atom is 0.309 e. The minimum atomic E-state index is -0.265. The number of carbonyl (C=O) groups excluding carboxylic acids is 1. The molecule has 1 aromatic carbocycles. The standard InChI is InChI=1S/C25H31N9O3/c1-3-37-25(35)16-10-12-32(13-11-16)22(24-27-29-30-33(24)18-6-4-5-7-18)20-14-17-8-9-19(36-2)15-21(17)34-23(20)26-28-31-34/h8-9,14-16,18,22H,3-7,10-13H2,1-2H3/t22-/m0/s1. The average Bonchev–Trinajstić information content (AvgIpc) is 3.71. The molecule has 6 rings (SSSR count). The molecule has 3 aromatic heterocycles. The van der Waals surface area contributed by atoms with E-state index in [2.05, 4.69) is 42.0 Å². The Labute approximate surface area is 213 Å². The lowest BCUT2D eigenvalue weighted by Gasteiger charge is -2.36. The molecule has 0 radical (unpaired) electrons. The van der Waals surface area contributed by atoms with Crippen LogP contribution in [0.3, 0.4) is 0 Å². The lowest BCUT2D eigenvalue weighted by atomic mass is 9.93. The second-order valence-electron chi connectivity index (χ2n) is 9.82. The first kappa shape index (κ1) is 23.7. The van der Waals surface area contributed by atoms with Crippen molar-refractivity contribution in [1.29, 1.82) is 0 Å². The molecule has 1 aliphatic carbocycles. The van der Waals surface area contributed by atoms with Crippen LogP contribution in [0.4, 0.5) is 0 Å². The first-order chi connectivity index (χ1) is 18.2. The fourth-order valence-electron chi connectivity index (χ4n) is 5.86. The van der Waals surface area contributed by atoms with Crippen molar-refractivity contribution >= 4 is 22.5 Å². The van der Waals surface area contributed by atoms with Gasteiger partial charge in [-0.15, -0.1) is 10.2 Å². The second-order valence-corrected chi connectivity index (χ2v) is 9.82. The topological polar surface area (TPSA) is 125 Å². The quantitative estimate of drug-likeness (QED) is 0.346. The molecule has 2 aliphatic rings. The van der Waals surface area contributed by atoms with Gasteiger partial charge in [0.1, 0.15) is 11.8 Å². The monoisotopic (exact) mass is 505 g/mol. The predicted octanol–water partition coefficient (Wildman–Crippen LogP) is 2.75. The number of esters is 1. The minimum Gasteiger partial charge on any atom is -0.497 e. The van der Waals surface area contributed by atoms with Gasteiger partial charge in [0.2, 0.25) is 0 Å². The van der Waals surface area contributed by atoms with Gasteiger partial charge in [0.25, 0.3) is 0 Å². The fraction of sp³-hybridized carbons (Fsp3) is 0.560. The zero-order valence-electron chi connectivity index (χ0n) is 21.2. The summed E-state index contributed by atoms with van der Waals surface area (Å²) < 4.78 is 14.5. The molecule has 0 bridgehead atoms. The molecule has 0 spiro atoms. The Hall–Kier alpha value is -3.67. The molecule has 4 heterocycles. The summed E-state index contributed by atoms with van der Waals surface area (Å²) >= 11 is 0. The largest absolute Gasteiger partial charge is 0.497 e. The van der Waals surface area contributed by atoms with Crippen LogP contribution in [0, 0.1) is 5.92 Å². The number of fused-ring (bicyclic) bond motifs is 3. The van der Waals surface area contributed by atoms with Gasteiger partial charge >= 0.3 is 5.97 Å². The van der Waals surface area contributed by atoms with Crippen molar-refractivity contribution in [1.82, 2.24) is 45.1 Å². The first-order valence-corrected chi connectivity index (χ1v) is 13.0. The maximum atomic E-state index is 12.4. The van der Waals surface area contributed by atoms with Crippen molar-refractivity contribution < 1.29 is 14.3 Å². The normalized spacial score (nSPS) is 18.5. The molecule has 1 aliphatic heterocycles. The number of carbonyl (C=O) groups is 1. The van der Waals surface area contributed by atoms with E-state index in [4.69, 9.17) is 9.47 Å². The van der Waals surface area contributed by atoms with Crippen LogP contribution in [0.25, 0.3) is 16.6 Å². The first-order valence-electron chi connectivity index (χ1n) is 13.0. The number of tetrazole rings is 2. The van der Waals surface area contributed by atoms with E-state index in [0.717, 1.165) is 40.9 Å². The number of piperidine rings is 1. The lowest BCUT2D eigenvalue weighted by Crippen LogP contribution is -2.41. The smallest absolute Gasteiger partial charge is 0.309 e. The molecule has 1 atom stereocenters. The van der Waals surface area contributed by atoms with Crippen molar-refractivity contribution in [2.75, 3.05) is 26.8 Å². The van der Waals surface area contributed by atoms with E-state index in [1.165, 1.54) is 12.8 Å². The molecule has 4 aromatic rings. The summed E-state index contributed by atoms with van der Waals surface area (Å²) in [6, 6.07) is 8.04. The molecule has 0 N–H and O–H groups in total. The highest BCUT2D eigenvalue weighted by molar-refractivity contribution is 5.84. The number of ether oxygens (including phenoxy) is 2. The molecule has 1 saturated carbocycles. The van der Waals surface area contributed by atoms with Gasteiger partial charge in [-0.1, -0.05) is 12.8 Å². The Bertz CT molecular complexity index is 1400. The van der Waals surface area contributed by atoms with Gasteiger partial charge in [0.05, 0.1) is 31.2 Å². The van der Waals surface area contributed by atoms with Crippen LogP contribution in [0.2, 0.25) is 0 Å². The van der Waals surface area contributed by atoms with Crippen molar-refractivity contribution in [2.45, 2.75) is 57.5 Å². The predicted molar refractivity (Wildman–Crippen MR) is 133 cm³/mol. The third-order valence-corrected chi connectivity index (χ3v) is 7.75. The summed E-state index contributed by atoms with van der Waals surface area (Å²) in [4.78, 5) is 14.8. The highest BCUT2D eigenvalue weighted by Gasteiger charge is 2.37. The third-order valence-electron chi connectivity index (χ3n) is 7.75. The van der Waals surface area contributed by atoms with Crippen LogP contribution in [0.15, 0.2) is 24.3 Å². The Morgan fingerprint density at radius 3 is 2.59 bits per heavy atom. The Morgan fingerprint density at radius 2 is 1.84 bits per heavy atom. The van der Waals surface area contributed by atoms with Crippen molar-refractivity contribution in [3.63, 3.8) is 0 Å². The van der Waals surface area contributed by atoms with E-state index in [1.807, 2.05) is 29.8 Å². The number of rotatable bonds is 7. The molecular weight excluding hydrogens is 474 g/mol. The zero-order valence-corrected chi connectivity index (χ0v) is 21.2. The minimum absolute atomic E-state index is 0.0958. The van der Waals surface area contributed by atoms with Crippen LogP contribution < -0.4 is 4.74 Å². The SMILES string of the molecule is CCOC(=O)C1CCN([C@@H](c2cc3ccc(OC)cc3n3nnnc23)c2nnnn2C2CCCC2)CC1. The Morgan fingerprint density at radius 1 is 1.05 bits per heavy atom. The molecule has 12 heteroatoms. The van der Waals surface area contributed by atoms with Crippen LogP contribution in [-0.4, -0.2) is 77.9 Å². The summed E-state index contributed by atoms with van der Waals surface area (Å²) in [6.45, 7) is 3.66. The molecule has 12 nitrogen and oxygen atoms in total. The van der Waals surface area contributed by atoms with Gasteiger partial charge < -0.3 is 9.47 Å². The molecule has 37 heavy (non-hydrogen) atoms. The summed E-state index contributed by atoms with van der Waals surface area (Å²) in [5, 5.41) is 26.9. The van der Waals surface area contributed by atoms with Crippen molar-refractivity contribution in [2.24, 2.45) is 5.92 Å². The van der Waals surface area contributed by atoms with E-state index in [1.54, 1.807) is 11.6 Å². The summed E-state index contributed by atoms with van der Waals surface area (Å²) in [5.41, 5.74) is 2.45. The number of pyridine rings is 1. The Kier molecular flexibility index (Phi) is 6.41. The molecule has 2 fully saturated rings. The Balaban J connectivity index is 1.46. The van der Waals surface area contributed by atoms with Crippen molar-refractivity contribution in [3.05, 3.63) is 35.7 Å². The number of hydrogen-bond donors (Lipinski definition) is 0. The third kappa shape index (κ3) is 4.28. The van der Waals surface area contributed by atoms with Crippen LogP contribution in [-0.2, 0) is 9.53 Å². The van der Waals surface area contributed by atoms with E-state index >= 15 is 0 Å².